The Morgan fingerprint density at radius 1 is 1.11 bits per heavy atom. The second-order valence-corrected chi connectivity index (χ2v) is 6.37. The van der Waals surface area contributed by atoms with E-state index in [1.54, 1.807) is 32.0 Å². The van der Waals surface area contributed by atoms with Gasteiger partial charge in [0.15, 0.2) is 11.5 Å². The number of carbonyl (C=O) groups excluding carboxylic acids is 2. The van der Waals surface area contributed by atoms with Gasteiger partial charge in [0.25, 0.3) is 0 Å². The Labute approximate surface area is 162 Å². The van der Waals surface area contributed by atoms with Crippen molar-refractivity contribution in [3.63, 3.8) is 0 Å². The van der Waals surface area contributed by atoms with E-state index in [1.807, 2.05) is 18.2 Å². The molecule has 0 bridgehead atoms. The van der Waals surface area contributed by atoms with Crippen LogP contribution in [0.1, 0.15) is 19.7 Å². The summed E-state index contributed by atoms with van der Waals surface area (Å²) in [6.07, 6.45) is 0. The minimum absolute atomic E-state index is 0.198. The van der Waals surface area contributed by atoms with Crippen molar-refractivity contribution in [2.75, 3.05) is 23.1 Å². The van der Waals surface area contributed by atoms with Crippen LogP contribution in [0.3, 0.4) is 0 Å². The Kier molecular flexibility index (Phi) is 5.49. The minimum atomic E-state index is -0.528. The van der Waals surface area contributed by atoms with Gasteiger partial charge in [0.05, 0.1) is 12.8 Å². The Balaban J connectivity index is 1.73. The smallest absolute Gasteiger partial charge is 0.246 e. The first-order valence-electron chi connectivity index (χ1n) is 8.76. The molecule has 0 fully saturated rings. The number of methoxy groups -OCH3 is 1. The minimum Gasteiger partial charge on any atom is -0.495 e. The highest BCUT2D eigenvalue weighted by atomic mass is 16.5. The van der Waals surface area contributed by atoms with Gasteiger partial charge < -0.3 is 25.1 Å². The van der Waals surface area contributed by atoms with Gasteiger partial charge in [-0.2, -0.15) is 0 Å². The van der Waals surface area contributed by atoms with Gasteiger partial charge in [-0.15, -0.1) is 0 Å². The van der Waals surface area contributed by atoms with Crippen molar-refractivity contribution in [1.82, 2.24) is 4.98 Å². The number of benzene rings is 2. The number of ether oxygens (including phenoxy) is 1. The molecule has 3 rings (SSSR count). The van der Waals surface area contributed by atoms with Crippen molar-refractivity contribution in [3.8, 4) is 5.75 Å². The fourth-order valence-corrected chi connectivity index (χ4v) is 2.78. The van der Waals surface area contributed by atoms with Crippen LogP contribution in [0.15, 0.2) is 40.8 Å². The third kappa shape index (κ3) is 4.40. The Morgan fingerprint density at radius 2 is 1.86 bits per heavy atom. The molecule has 1 unspecified atom stereocenters. The van der Waals surface area contributed by atoms with Crippen LogP contribution in [0.4, 0.5) is 17.1 Å². The van der Waals surface area contributed by atoms with Crippen LogP contribution >= 0.6 is 0 Å². The molecule has 3 aromatic rings. The lowest BCUT2D eigenvalue weighted by atomic mass is 10.2. The summed E-state index contributed by atoms with van der Waals surface area (Å²) in [5.41, 5.74) is 3.20. The van der Waals surface area contributed by atoms with Crippen molar-refractivity contribution in [3.05, 3.63) is 42.3 Å². The Bertz CT molecular complexity index is 1030. The van der Waals surface area contributed by atoms with Crippen molar-refractivity contribution < 1.29 is 18.7 Å². The van der Waals surface area contributed by atoms with E-state index in [-0.39, 0.29) is 11.8 Å². The van der Waals surface area contributed by atoms with Gasteiger partial charge in [-0.05, 0) is 43.3 Å². The van der Waals surface area contributed by atoms with E-state index in [0.717, 1.165) is 11.2 Å². The lowest BCUT2D eigenvalue weighted by Gasteiger charge is -2.17. The normalized spacial score (nSPS) is 11.7. The molecular weight excluding hydrogens is 360 g/mol. The number of aromatic nitrogens is 1. The van der Waals surface area contributed by atoms with E-state index < -0.39 is 6.04 Å². The largest absolute Gasteiger partial charge is 0.495 e. The van der Waals surface area contributed by atoms with Crippen LogP contribution in [0, 0.1) is 6.92 Å². The first-order chi connectivity index (χ1) is 13.4. The number of carbonyl (C=O) groups is 2. The molecule has 1 heterocycles. The lowest BCUT2D eigenvalue weighted by Crippen LogP contribution is -2.32. The second kappa shape index (κ2) is 7.99. The molecule has 0 spiro atoms. The van der Waals surface area contributed by atoms with Crippen LogP contribution in [0.25, 0.3) is 11.1 Å². The molecule has 28 heavy (non-hydrogen) atoms. The van der Waals surface area contributed by atoms with Gasteiger partial charge >= 0.3 is 0 Å². The molecule has 8 nitrogen and oxygen atoms in total. The van der Waals surface area contributed by atoms with Crippen LogP contribution < -0.4 is 20.7 Å². The number of amides is 2. The molecule has 2 amide bonds. The van der Waals surface area contributed by atoms with E-state index >= 15 is 0 Å². The lowest BCUT2D eigenvalue weighted by molar-refractivity contribution is -0.116. The highest BCUT2D eigenvalue weighted by Gasteiger charge is 2.16. The molecule has 0 radical (unpaired) electrons. The summed E-state index contributed by atoms with van der Waals surface area (Å²) in [6, 6.07) is 9.96. The van der Waals surface area contributed by atoms with Gasteiger partial charge in [0, 0.05) is 25.2 Å². The standard InChI is InChI=1S/C20H22N4O4/c1-11(21-14-6-8-19-17(9-14)23-13(3)28-19)20(26)24-16-10-15(22-12(2)25)5-7-18(16)27-4/h5-11,21H,1-4H3,(H,22,25)(H,24,26). The monoisotopic (exact) mass is 382 g/mol. The average molecular weight is 382 g/mol. The van der Waals surface area contributed by atoms with Gasteiger partial charge in [-0.1, -0.05) is 0 Å². The molecule has 1 aromatic heterocycles. The molecule has 8 heteroatoms. The van der Waals surface area contributed by atoms with Crippen molar-refractivity contribution >= 4 is 40.0 Å². The quantitative estimate of drug-likeness (QED) is 0.602. The third-order valence-corrected chi connectivity index (χ3v) is 4.05. The number of fused-ring (bicyclic) bond motifs is 1. The van der Waals surface area contributed by atoms with E-state index in [9.17, 15) is 9.59 Å². The SMILES string of the molecule is COc1ccc(NC(C)=O)cc1NC(=O)C(C)Nc1ccc2oc(C)nc2c1. The first-order valence-corrected chi connectivity index (χ1v) is 8.76. The maximum atomic E-state index is 12.6. The molecule has 0 aliphatic heterocycles. The van der Waals surface area contributed by atoms with Crippen molar-refractivity contribution in [2.24, 2.45) is 0 Å². The summed E-state index contributed by atoms with van der Waals surface area (Å²) < 4.78 is 10.7. The predicted octanol–water partition coefficient (Wildman–Crippen LogP) is 3.54. The number of anilines is 3. The fourth-order valence-electron chi connectivity index (χ4n) is 2.78. The summed E-state index contributed by atoms with van der Waals surface area (Å²) >= 11 is 0. The summed E-state index contributed by atoms with van der Waals surface area (Å²) in [5.74, 6) is 0.629. The number of aryl methyl sites for hydroxylation is 1. The van der Waals surface area contributed by atoms with Gasteiger partial charge in [-0.3, -0.25) is 9.59 Å². The average Bonchev–Trinajstić information content (AvgIpc) is 3.00. The van der Waals surface area contributed by atoms with Crippen molar-refractivity contribution in [1.29, 1.82) is 0 Å². The zero-order valence-electron chi connectivity index (χ0n) is 16.1. The molecule has 0 saturated carbocycles. The second-order valence-electron chi connectivity index (χ2n) is 6.37. The fraction of sp³-hybridized carbons (Fsp3) is 0.250. The summed E-state index contributed by atoms with van der Waals surface area (Å²) in [6.45, 7) is 4.95. The van der Waals surface area contributed by atoms with Gasteiger partial charge in [0.2, 0.25) is 11.8 Å². The highest BCUT2D eigenvalue weighted by molar-refractivity contribution is 5.99. The molecular formula is C20H22N4O4. The van der Waals surface area contributed by atoms with Gasteiger partial charge in [-0.25, -0.2) is 4.98 Å². The molecule has 0 saturated heterocycles. The van der Waals surface area contributed by atoms with E-state index in [0.29, 0.717) is 28.6 Å². The van der Waals surface area contributed by atoms with Gasteiger partial charge in [0.1, 0.15) is 17.3 Å². The number of oxazole rings is 1. The van der Waals surface area contributed by atoms with E-state index in [4.69, 9.17) is 9.15 Å². The molecule has 0 aliphatic carbocycles. The van der Waals surface area contributed by atoms with Crippen LogP contribution in [0.2, 0.25) is 0 Å². The summed E-state index contributed by atoms with van der Waals surface area (Å²) in [5, 5.41) is 8.65. The van der Waals surface area contributed by atoms with Crippen LogP contribution in [0.5, 0.6) is 5.75 Å². The number of rotatable bonds is 6. The highest BCUT2D eigenvalue weighted by Crippen LogP contribution is 2.28. The molecule has 0 aliphatic rings. The molecule has 1 atom stereocenters. The zero-order valence-corrected chi connectivity index (χ0v) is 16.1. The topological polar surface area (TPSA) is 105 Å². The maximum Gasteiger partial charge on any atom is 0.246 e. The molecule has 146 valence electrons. The molecule has 2 aromatic carbocycles. The Hall–Kier alpha value is -3.55. The predicted molar refractivity (Wildman–Crippen MR) is 108 cm³/mol. The van der Waals surface area contributed by atoms with Crippen LogP contribution in [-0.4, -0.2) is 29.9 Å². The van der Waals surface area contributed by atoms with E-state index in [2.05, 4.69) is 20.9 Å². The number of nitrogens with zero attached hydrogens (tertiary/aromatic N) is 1. The third-order valence-electron chi connectivity index (χ3n) is 4.05. The molecule has 3 N–H and O–H groups in total. The number of nitrogens with one attached hydrogen (secondary N) is 3. The Morgan fingerprint density at radius 3 is 2.57 bits per heavy atom. The van der Waals surface area contributed by atoms with Crippen molar-refractivity contribution in [2.45, 2.75) is 26.8 Å². The number of hydrogen-bond donors (Lipinski definition) is 3. The summed E-state index contributed by atoms with van der Waals surface area (Å²) in [4.78, 5) is 28.2. The first kappa shape index (κ1) is 19.2. The summed E-state index contributed by atoms with van der Waals surface area (Å²) in [7, 11) is 1.51. The zero-order chi connectivity index (χ0) is 20.3. The number of hydrogen-bond acceptors (Lipinski definition) is 6. The van der Waals surface area contributed by atoms with Crippen LogP contribution in [-0.2, 0) is 9.59 Å². The van der Waals surface area contributed by atoms with E-state index in [1.165, 1.54) is 14.0 Å². The maximum absolute atomic E-state index is 12.6.